The second-order valence-electron chi connectivity index (χ2n) is 7.71. The molecule has 1 heterocycles. The molecule has 0 aromatic heterocycles. The van der Waals surface area contributed by atoms with Gasteiger partial charge in [-0.05, 0) is 24.6 Å². The monoisotopic (exact) mass is 395 g/mol. The molecule has 1 aliphatic heterocycles. The average molecular weight is 396 g/mol. The van der Waals surface area contributed by atoms with E-state index in [9.17, 15) is 9.59 Å². The van der Waals surface area contributed by atoms with Gasteiger partial charge in [0.05, 0.1) is 13.1 Å². The summed E-state index contributed by atoms with van der Waals surface area (Å²) in [6.07, 6.45) is 1.02. The van der Waals surface area contributed by atoms with Crippen molar-refractivity contribution in [3.05, 3.63) is 65.2 Å². The molecule has 0 radical (unpaired) electrons. The number of fused-ring (bicyclic) bond motifs is 1. The summed E-state index contributed by atoms with van der Waals surface area (Å²) < 4.78 is 0. The largest absolute Gasteiger partial charge is 0.378 e. The van der Waals surface area contributed by atoms with Crippen LogP contribution in [0.2, 0.25) is 0 Å². The molecule has 1 unspecified atom stereocenters. The molecule has 154 valence electrons. The molecule has 1 aliphatic rings. The molecule has 3 N–H and O–H groups in total. The molecule has 0 bridgehead atoms. The molecule has 29 heavy (non-hydrogen) atoms. The van der Waals surface area contributed by atoms with Crippen molar-refractivity contribution in [3.8, 4) is 0 Å². The van der Waals surface area contributed by atoms with Crippen LogP contribution in [0.4, 0.5) is 5.69 Å². The first-order valence-electron chi connectivity index (χ1n) is 10.2. The van der Waals surface area contributed by atoms with Crippen LogP contribution in [0.1, 0.15) is 29.7 Å². The number of hydrogen-bond acceptors (Lipinski definition) is 3. The van der Waals surface area contributed by atoms with Crippen molar-refractivity contribution in [2.75, 3.05) is 38.6 Å². The molecule has 0 aliphatic carbocycles. The number of nitrogens with zero attached hydrogens (tertiary/aromatic N) is 1. The maximum absolute atomic E-state index is 12.2. The first-order chi connectivity index (χ1) is 14.0. The first-order valence-corrected chi connectivity index (χ1v) is 10.2. The molecule has 2 amide bonds. The van der Waals surface area contributed by atoms with Gasteiger partial charge in [0.2, 0.25) is 0 Å². The molecule has 0 saturated heterocycles. The maximum atomic E-state index is 12.2. The van der Waals surface area contributed by atoms with E-state index < -0.39 is 11.8 Å². The van der Waals surface area contributed by atoms with Crippen molar-refractivity contribution in [1.82, 2.24) is 10.6 Å². The fraction of sp³-hybridized carbons (Fsp3) is 0.391. The zero-order valence-electron chi connectivity index (χ0n) is 17.5. The SMILES string of the molecule is CCNC(=O)C(=O)NC[C@@H](c1ccc(N(C)C)cc1)[NH+]1CCc2ccccc2C1. The molecule has 3 rings (SSSR count). The summed E-state index contributed by atoms with van der Waals surface area (Å²) in [7, 11) is 4.04. The number of carbonyl (C=O) groups is 2. The van der Waals surface area contributed by atoms with Crippen LogP contribution in [0, 0.1) is 0 Å². The van der Waals surface area contributed by atoms with Gasteiger partial charge < -0.3 is 20.4 Å². The van der Waals surface area contributed by atoms with E-state index in [1.807, 2.05) is 14.1 Å². The fourth-order valence-electron chi connectivity index (χ4n) is 3.92. The van der Waals surface area contributed by atoms with Gasteiger partial charge in [0.1, 0.15) is 12.6 Å². The number of quaternary nitrogens is 1. The summed E-state index contributed by atoms with van der Waals surface area (Å²) in [6, 6.07) is 17.1. The Morgan fingerprint density at radius 1 is 1.00 bits per heavy atom. The molecule has 0 fully saturated rings. The Labute approximate surface area is 172 Å². The lowest BCUT2D eigenvalue weighted by molar-refractivity contribution is -0.945. The van der Waals surface area contributed by atoms with Gasteiger partial charge >= 0.3 is 11.8 Å². The van der Waals surface area contributed by atoms with Gasteiger partial charge in [-0.3, -0.25) is 9.59 Å². The number of hydrogen-bond donors (Lipinski definition) is 3. The number of carbonyl (C=O) groups excluding carboxylic acids is 2. The van der Waals surface area contributed by atoms with Crippen LogP contribution in [0.15, 0.2) is 48.5 Å². The highest BCUT2D eigenvalue weighted by molar-refractivity contribution is 6.35. The Morgan fingerprint density at radius 2 is 1.66 bits per heavy atom. The Kier molecular flexibility index (Phi) is 6.88. The van der Waals surface area contributed by atoms with E-state index in [0.717, 1.165) is 25.2 Å². The van der Waals surface area contributed by atoms with Crippen molar-refractivity contribution in [2.45, 2.75) is 25.9 Å². The lowest BCUT2D eigenvalue weighted by Gasteiger charge is -2.33. The quantitative estimate of drug-likeness (QED) is 0.631. The summed E-state index contributed by atoms with van der Waals surface area (Å²) in [5.74, 6) is -1.15. The van der Waals surface area contributed by atoms with Crippen molar-refractivity contribution in [3.63, 3.8) is 0 Å². The lowest BCUT2D eigenvalue weighted by Crippen LogP contribution is -3.12. The molecular weight excluding hydrogens is 364 g/mol. The lowest BCUT2D eigenvalue weighted by atomic mass is 9.96. The van der Waals surface area contributed by atoms with Crippen LogP contribution >= 0.6 is 0 Å². The molecule has 2 aromatic carbocycles. The van der Waals surface area contributed by atoms with Gasteiger partial charge in [0.25, 0.3) is 0 Å². The highest BCUT2D eigenvalue weighted by atomic mass is 16.2. The topological polar surface area (TPSA) is 65.9 Å². The van der Waals surface area contributed by atoms with E-state index in [1.165, 1.54) is 21.6 Å². The number of anilines is 1. The molecular formula is C23H31N4O2+. The van der Waals surface area contributed by atoms with Crippen molar-refractivity contribution in [2.24, 2.45) is 0 Å². The summed E-state index contributed by atoms with van der Waals surface area (Å²) in [4.78, 5) is 27.4. The second-order valence-corrected chi connectivity index (χ2v) is 7.71. The van der Waals surface area contributed by atoms with Crippen LogP contribution in [0.25, 0.3) is 0 Å². The van der Waals surface area contributed by atoms with E-state index in [-0.39, 0.29) is 6.04 Å². The number of nitrogens with one attached hydrogen (secondary N) is 3. The van der Waals surface area contributed by atoms with Gasteiger partial charge in [-0.2, -0.15) is 0 Å². The highest BCUT2D eigenvalue weighted by Gasteiger charge is 2.29. The Balaban J connectivity index is 1.80. The van der Waals surface area contributed by atoms with Gasteiger partial charge in [-0.1, -0.05) is 36.4 Å². The summed E-state index contributed by atoms with van der Waals surface area (Å²) >= 11 is 0. The fourth-order valence-corrected chi connectivity index (χ4v) is 3.92. The number of amides is 2. The van der Waals surface area contributed by atoms with Gasteiger partial charge in [-0.25, -0.2) is 0 Å². The zero-order chi connectivity index (χ0) is 20.8. The standard InChI is InChI=1S/C23H30N4O2/c1-4-24-22(28)23(29)25-15-21(18-9-11-20(12-10-18)26(2)3)27-14-13-17-7-5-6-8-19(17)16-27/h5-12,21H,4,13-16H2,1-3H3,(H,24,28)(H,25,29)/p+1/t21-/m0/s1. The predicted molar refractivity (Wildman–Crippen MR) is 115 cm³/mol. The normalized spacial score (nSPS) is 16.4. The van der Waals surface area contributed by atoms with Gasteiger partial charge in [-0.15, -0.1) is 0 Å². The van der Waals surface area contributed by atoms with Crippen LogP contribution in [0.5, 0.6) is 0 Å². The Hall–Kier alpha value is -2.86. The summed E-state index contributed by atoms with van der Waals surface area (Å²) in [5, 5.41) is 5.40. The second kappa shape index (κ2) is 9.56. The molecule has 2 aromatic rings. The third kappa shape index (κ3) is 5.15. The minimum Gasteiger partial charge on any atom is -0.378 e. The Morgan fingerprint density at radius 3 is 2.31 bits per heavy atom. The molecule has 0 spiro atoms. The maximum Gasteiger partial charge on any atom is 0.309 e. The van der Waals surface area contributed by atoms with E-state index in [1.54, 1.807) is 6.92 Å². The number of likely N-dealkylation sites (N-methyl/N-ethyl adjacent to an activating group) is 1. The molecule has 0 saturated carbocycles. The van der Waals surface area contributed by atoms with Crippen molar-refractivity contribution >= 4 is 17.5 Å². The van der Waals surface area contributed by atoms with Gasteiger partial charge in [0.15, 0.2) is 0 Å². The molecule has 6 nitrogen and oxygen atoms in total. The molecule has 2 atom stereocenters. The number of rotatable bonds is 6. The van der Waals surface area contributed by atoms with E-state index in [0.29, 0.717) is 13.1 Å². The van der Waals surface area contributed by atoms with Crippen LogP contribution < -0.4 is 20.4 Å². The average Bonchev–Trinajstić information content (AvgIpc) is 2.74. The third-order valence-corrected chi connectivity index (χ3v) is 5.57. The van der Waals surface area contributed by atoms with Gasteiger partial charge in [0, 0.05) is 43.9 Å². The van der Waals surface area contributed by atoms with Crippen LogP contribution in [-0.4, -0.2) is 45.5 Å². The first kappa shape index (κ1) is 20.9. The van der Waals surface area contributed by atoms with Crippen molar-refractivity contribution < 1.29 is 14.5 Å². The summed E-state index contributed by atoms with van der Waals surface area (Å²) in [5.41, 5.74) is 5.07. The number of benzene rings is 2. The van der Waals surface area contributed by atoms with Crippen LogP contribution in [0.3, 0.4) is 0 Å². The highest BCUT2D eigenvalue weighted by Crippen LogP contribution is 2.18. The summed E-state index contributed by atoms with van der Waals surface area (Å²) in [6.45, 7) is 4.57. The zero-order valence-corrected chi connectivity index (χ0v) is 17.5. The minimum absolute atomic E-state index is 0.0814. The van der Waals surface area contributed by atoms with Crippen molar-refractivity contribution in [1.29, 1.82) is 0 Å². The van der Waals surface area contributed by atoms with Crippen LogP contribution in [-0.2, 0) is 22.6 Å². The third-order valence-electron chi connectivity index (χ3n) is 5.57. The predicted octanol–water partition coefficient (Wildman–Crippen LogP) is 0.687. The molecule has 6 heteroatoms. The van der Waals surface area contributed by atoms with E-state index in [2.05, 4.69) is 64.1 Å². The van der Waals surface area contributed by atoms with E-state index >= 15 is 0 Å². The smallest absolute Gasteiger partial charge is 0.309 e. The minimum atomic E-state index is -0.576. The Bertz CT molecular complexity index is 848. The van der Waals surface area contributed by atoms with E-state index in [4.69, 9.17) is 0 Å².